The highest BCUT2D eigenvalue weighted by Crippen LogP contribution is 2.29. The fourth-order valence-electron chi connectivity index (χ4n) is 2.93. The minimum Gasteiger partial charge on any atom is -0.394 e. The highest BCUT2D eigenvalue weighted by atomic mass is 35.5. The summed E-state index contributed by atoms with van der Waals surface area (Å²) in [5.41, 5.74) is 0.721. The van der Waals surface area contributed by atoms with Gasteiger partial charge in [0.05, 0.1) is 35.0 Å². The number of hydrogen-bond donors (Lipinski definition) is 3. The number of hydrogen-bond acceptors (Lipinski definition) is 8. The van der Waals surface area contributed by atoms with Gasteiger partial charge in [0.15, 0.2) is 5.82 Å². The number of halogens is 2. The number of aromatic nitrogens is 5. The number of nitrogens with one attached hydrogen (secondary N) is 2. The molecule has 0 bridgehead atoms. The minimum atomic E-state index is -0.662. The van der Waals surface area contributed by atoms with Crippen LogP contribution in [0.3, 0.4) is 0 Å². The molecule has 0 aliphatic rings. The zero-order valence-electron chi connectivity index (χ0n) is 16.2. The van der Waals surface area contributed by atoms with Crippen molar-refractivity contribution in [3.63, 3.8) is 0 Å². The second-order valence-electron chi connectivity index (χ2n) is 6.73. The van der Waals surface area contributed by atoms with Gasteiger partial charge in [-0.15, -0.1) is 0 Å². The van der Waals surface area contributed by atoms with Gasteiger partial charge in [-0.2, -0.15) is 10.4 Å². The number of aliphatic hydroxyl groups excluding tert-OH is 1. The SMILES string of the molecule is C[C@H](CO)Nc1cc(Nc2cc3c(cn2)cnn3-c2c(F)cc(C#N)cc2Cl)ncn1. The van der Waals surface area contributed by atoms with E-state index < -0.39 is 5.82 Å². The molecule has 3 aromatic heterocycles. The number of rotatable bonds is 6. The first kappa shape index (κ1) is 20.5. The Kier molecular flexibility index (Phi) is 5.62. The summed E-state index contributed by atoms with van der Waals surface area (Å²) in [6.07, 6.45) is 4.51. The van der Waals surface area contributed by atoms with Gasteiger partial charge in [0.2, 0.25) is 0 Å². The first-order valence-corrected chi connectivity index (χ1v) is 9.56. The number of anilines is 3. The van der Waals surface area contributed by atoms with Crippen LogP contribution in [0.1, 0.15) is 12.5 Å². The molecular formula is C20H16ClFN8O. The second kappa shape index (κ2) is 8.51. The molecule has 0 spiro atoms. The normalized spacial score (nSPS) is 11.8. The van der Waals surface area contributed by atoms with Crippen LogP contribution >= 0.6 is 11.6 Å². The van der Waals surface area contributed by atoms with E-state index in [-0.39, 0.29) is 28.9 Å². The van der Waals surface area contributed by atoms with Gasteiger partial charge in [-0.3, -0.25) is 0 Å². The van der Waals surface area contributed by atoms with Crippen molar-refractivity contribution in [1.29, 1.82) is 5.26 Å². The molecule has 9 nitrogen and oxygen atoms in total. The molecule has 0 saturated carbocycles. The van der Waals surface area contributed by atoms with E-state index in [1.807, 2.05) is 13.0 Å². The molecule has 0 radical (unpaired) electrons. The summed E-state index contributed by atoms with van der Waals surface area (Å²) in [7, 11) is 0. The van der Waals surface area contributed by atoms with E-state index in [9.17, 15) is 9.50 Å². The summed E-state index contributed by atoms with van der Waals surface area (Å²) in [5.74, 6) is 0.795. The summed E-state index contributed by atoms with van der Waals surface area (Å²) in [5, 5.41) is 29.3. The van der Waals surface area contributed by atoms with Gasteiger partial charge >= 0.3 is 0 Å². The lowest BCUT2D eigenvalue weighted by molar-refractivity contribution is 0.281. The molecule has 0 saturated heterocycles. The minimum absolute atomic E-state index is 0.0383. The number of nitriles is 1. The van der Waals surface area contributed by atoms with Crippen molar-refractivity contribution in [1.82, 2.24) is 24.7 Å². The van der Waals surface area contributed by atoms with E-state index >= 15 is 0 Å². The van der Waals surface area contributed by atoms with Crippen LogP contribution in [0, 0.1) is 17.1 Å². The molecule has 0 aliphatic heterocycles. The maximum atomic E-state index is 14.6. The summed E-state index contributed by atoms with van der Waals surface area (Å²) >= 11 is 6.22. The molecule has 4 aromatic rings. The maximum Gasteiger partial charge on any atom is 0.151 e. The van der Waals surface area contributed by atoms with Crippen LogP contribution in [0.5, 0.6) is 0 Å². The average Bonchev–Trinajstić information content (AvgIpc) is 3.16. The Morgan fingerprint density at radius 2 is 1.94 bits per heavy atom. The highest BCUT2D eigenvalue weighted by Gasteiger charge is 2.16. The van der Waals surface area contributed by atoms with Crippen LogP contribution in [0.25, 0.3) is 16.6 Å². The molecule has 1 atom stereocenters. The van der Waals surface area contributed by atoms with Gasteiger partial charge in [-0.25, -0.2) is 24.0 Å². The highest BCUT2D eigenvalue weighted by molar-refractivity contribution is 6.32. The molecule has 156 valence electrons. The maximum absolute atomic E-state index is 14.6. The Balaban J connectivity index is 1.69. The largest absolute Gasteiger partial charge is 0.394 e. The Bertz CT molecular complexity index is 1280. The first-order chi connectivity index (χ1) is 15.0. The van der Waals surface area contributed by atoms with Gasteiger partial charge in [0, 0.05) is 29.8 Å². The summed E-state index contributed by atoms with van der Waals surface area (Å²) < 4.78 is 16.0. The van der Waals surface area contributed by atoms with Crippen LogP contribution in [-0.4, -0.2) is 42.5 Å². The van der Waals surface area contributed by atoms with Gasteiger partial charge < -0.3 is 15.7 Å². The third-order valence-electron chi connectivity index (χ3n) is 4.40. The third kappa shape index (κ3) is 4.23. The lowest BCUT2D eigenvalue weighted by Gasteiger charge is -2.12. The van der Waals surface area contributed by atoms with E-state index in [0.29, 0.717) is 28.4 Å². The molecule has 31 heavy (non-hydrogen) atoms. The predicted octanol–water partition coefficient (Wildman–Crippen LogP) is 3.41. The van der Waals surface area contributed by atoms with Crippen LogP contribution in [0.2, 0.25) is 5.02 Å². The lowest BCUT2D eigenvalue weighted by Crippen LogP contribution is -2.20. The van der Waals surface area contributed by atoms with Crippen LogP contribution in [-0.2, 0) is 0 Å². The van der Waals surface area contributed by atoms with Crippen LogP contribution in [0.4, 0.5) is 21.8 Å². The quantitative estimate of drug-likeness (QED) is 0.418. The number of benzene rings is 1. The molecule has 3 N–H and O–H groups in total. The Morgan fingerprint density at radius 1 is 1.16 bits per heavy atom. The van der Waals surface area contributed by atoms with E-state index in [1.165, 1.54) is 17.1 Å². The lowest BCUT2D eigenvalue weighted by atomic mass is 10.2. The molecule has 0 fully saturated rings. The zero-order valence-corrected chi connectivity index (χ0v) is 17.0. The van der Waals surface area contributed by atoms with Crippen molar-refractivity contribution in [2.45, 2.75) is 13.0 Å². The fourth-order valence-corrected chi connectivity index (χ4v) is 3.22. The number of aliphatic hydroxyl groups is 1. The first-order valence-electron chi connectivity index (χ1n) is 9.18. The van der Waals surface area contributed by atoms with Gasteiger partial charge in [0.1, 0.15) is 29.5 Å². The third-order valence-corrected chi connectivity index (χ3v) is 4.69. The molecule has 0 aliphatic carbocycles. The van der Waals surface area contributed by atoms with Crippen LogP contribution in [0.15, 0.2) is 43.0 Å². The van der Waals surface area contributed by atoms with Gasteiger partial charge in [-0.1, -0.05) is 11.6 Å². The van der Waals surface area contributed by atoms with Crippen molar-refractivity contribution < 1.29 is 9.50 Å². The number of nitrogens with zero attached hydrogens (tertiary/aromatic N) is 6. The summed E-state index contributed by atoms with van der Waals surface area (Å²) in [6, 6.07) is 7.55. The monoisotopic (exact) mass is 438 g/mol. The second-order valence-corrected chi connectivity index (χ2v) is 7.13. The topological polar surface area (TPSA) is 125 Å². The van der Waals surface area contributed by atoms with E-state index in [0.717, 1.165) is 6.07 Å². The molecule has 11 heteroatoms. The number of pyridine rings is 1. The molecule has 0 unspecified atom stereocenters. The van der Waals surface area contributed by atoms with Crippen molar-refractivity contribution >= 4 is 40.0 Å². The predicted molar refractivity (Wildman–Crippen MR) is 114 cm³/mol. The molecule has 3 heterocycles. The fraction of sp³-hybridized carbons (Fsp3) is 0.150. The van der Waals surface area contributed by atoms with Crippen molar-refractivity contribution in [3.8, 4) is 11.8 Å². The summed E-state index contributed by atoms with van der Waals surface area (Å²) in [6.45, 7) is 1.78. The Morgan fingerprint density at radius 3 is 2.68 bits per heavy atom. The Labute approximate surface area is 181 Å². The molecule has 4 rings (SSSR count). The molecule has 0 amide bonds. The van der Waals surface area contributed by atoms with Crippen molar-refractivity contribution in [3.05, 3.63) is 59.4 Å². The Hall–Kier alpha value is -3.81. The van der Waals surface area contributed by atoms with Crippen LogP contribution < -0.4 is 10.6 Å². The van der Waals surface area contributed by atoms with Gasteiger partial charge in [-0.05, 0) is 19.1 Å². The molecular weight excluding hydrogens is 423 g/mol. The average molecular weight is 439 g/mol. The van der Waals surface area contributed by atoms with Gasteiger partial charge in [0.25, 0.3) is 0 Å². The smallest absolute Gasteiger partial charge is 0.151 e. The molecule has 1 aromatic carbocycles. The number of fused-ring (bicyclic) bond motifs is 1. The van der Waals surface area contributed by atoms with E-state index in [2.05, 4.69) is 30.7 Å². The van der Waals surface area contributed by atoms with E-state index in [1.54, 1.807) is 24.5 Å². The van der Waals surface area contributed by atoms with Crippen molar-refractivity contribution in [2.24, 2.45) is 0 Å². The van der Waals surface area contributed by atoms with Crippen molar-refractivity contribution in [2.75, 3.05) is 17.2 Å². The van der Waals surface area contributed by atoms with E-state index in [4.69, 9.17) is 16.9 Å². The standard InChI is InChI=1S/C20H16ClFN8O/c1-11(9-31)28-18-5-19(26-10-25-18)29-17-4-16-13(7-24-17)8-27-30(16)20-14(21)2-12(6-23)3-15(20)22/h2-5,7-8,10-11,31H,9H2,1H3,(H2,24,25,26,28,29)/t11-/m1/s1. The summed E-state index contributed by atoms with van der Waals surface area (Å²) in [4.78, 5) is 12.6. The zero-order chi connectivity index (χ0) is 22.0.